The topological polar surface area (TPSA) is 48.0 Å². The number of rotatable bonds is 7. The molecule has 0 bridgehead atoms. The van der Waals surface area contributed by atoms with Gasteiger partial charge in [-0.15, -0.1) is 0 Å². The number of hydrogen-bond acceptors (Lipinski definition) is 1. The molecule has 0 aliphatic heterocycles. The van der Waals surface area contributed by atoms with Crippen LogP contribution in [0, 0.1) is 11.7 Å². The molecule has 1 heterocycles. The van der Waals surface area contributed by atoms with Crippen molar-refractivity contribution in [3.05, 3.63) is 59.5 Å². The summed E-state index contributed by atoms with van der Waals surface area (Å²) in [7, 11) is -2.01. The van der Waals surface area contributed by atoms with Gasteiger partial charge in [-0.2, -0.15) is 26.3 Å². The first-order valence-electron chi connectivity index (χ1n) is 10.8. The summed E-state index contributed by atoms with van der Waals surface area (Å²) in [4.78, 5) is 0. The van der Waals surface area contributed by atoms with E-state index in [1.54, 1.807) is 0 Å². The molecule has 0 aliphatic carbocycles. The van der Waals surface area contributed by atoms with E-state index in [1.165, 1.54) is 35.9 Å². The van der Waals surface area contributed by atoms with E-state index in [9.17, 15) is 30.6 Å². The van der Waals surface area contributed by atoms with Crippen LogP contribution in [0.2, 0.25) is 0 Å². The fourth-order valence-electron chi connectivity index (χ4n) is 4.20. The lowest BCUT2D eigenvalue weighted by Crippen LogP contribution is -2.28. The zero-order valence-corrected chi connectivity index (χ0v) is 20.0. The van der Waals surface area contributed by atoms with Gasteiger partial charge < -0.3 is 4.57 Å². The van der Waals surface area contributed by atoms with Gasteiger partial charge in [0.15, 0.2) is 0 Å². The van der Waals surface area contributed by atoms with Crippen molar-refractivity contribution >= 4 is 21.9 Å². The molecule has 2 aromatic carbocycles. The highest BCUT2D eigenvalue weighted by atomic mass is 32.2. The predicted molar refractivity (Wildman–Crippen MR) is 122 cm³/mol. The summed E-state index contributed by atoms with van der Waals surface area (Å²) in [5.74, 6) is -3.18. The lowest BCUT2D eigenvalue weighted by atomic mass is 9.92. The van der Waals surface area contributed by atoms with Gasteiger partial charge in [-0.3, -0.25) is 5.14 Å². The van der Waals surface area contributed by atoms with Gasteiger partial charge in [0.25, 0.3) is 0 Å². The van der Waals surface area contributed by atoms with Crippen LogP contribution in [0.25, 0.3) is 22.0 Å². The summed E-state index contributed by atoms with van der Waals surface area (Å²) in [5, 5.41) is 4.24. The lowest BCUT2D eigenvalue weighted by molar-refractivity contribution is -0.151. The Morgan fingerprint density at radius 3 is 2.17 bits per heavy atom. The van der Waals surface area contributed by atoms with Crippen molar-refractivity contribution in [3.63, 3.8) is 0 Å². The highest BCUT2D eigenvalue weighted by molar-refractivity contribution is 7.83. The van der Waals surface area contributed by atoms with Gasteiger partial charge in [-0.05, 0) is 48.6 Å². The van der Waals surface area contributed by atoms with Crippen molar-refractivity contribution in [2.24, 2.45) is 11.1 Å². The molecular formula is C24H25F7N2OS. The van der Waals surface area contributed by atoms with E-state index in [0.29, 0.717) is 0 Å². The Hall–Kier alpha value is -2.40. The van der Waals surface area contributed by atoms with Crippen LogP contribution in [0.3, 0.4) is 0 Å². The van der Waals surface area contributed by atoms with Gasteiger partial charge in [0, 0.05) is 34.5 Å². The third-order valence-corrected chi connectivity index (χ3v) is 6.81. The highest BCUT2D eigenvalue weighted by Crippen LogP contribution is 2.44. The molecule has 0 amide bonds. The number of nitrogens with zero attached hydrogens (tertiary/aromatic N) is 1. The van der Waals surface area contributed by atoms with Crippen molar-refractivity contribution in [1.82, 2.24) is 4.57 Å². The minimum atomic E-state index is -4.75. The van der Waals surface area contributed by atoms with Crippen LogP contribution in [-0.2, 0) is 23.7 Å². The van der Waals surface area contributed by atoms with Crippen LogP contribution in [-0.4, -0.2) is 20.2 Å². The maximum Gasteiger partial charge on any atom is 0.417 e. The molecule has 35 heavy (non-hydrogen) atoms. The smallest absolute Gasteiger partial charge is 0.347 e. The summed E-state index contributed by atoms with van der Waals surface area (Å²) in [6, 6.07) is 6.48. The molecule has 11 heteroatoms. The molecule has 1 aromatic heterocycles. The monoisotopic (exact) mass is 522 g/mol. The summed E-state index contributed by atoms with van der Waals surface area (Å²) in [6.45, 7) is 5.24. The first kappa shape index (κ1) is 27.2. The molecule has 3 nitrogen and oxygen atoms in total. The number of hydrogen-bond donors (Lipinski definition) is 1. The second-order valence-corrected chi connectivity index (χ2v) is 10.5. The zero-order chi connectivity index (χ0) is 26.3. The molecule has 2 N–H and O–H groups in total. The maximum absolute atomic E-state index is 15.2. The zero-order valence-electron chi connectivity index (χ0n) is 19.2. The van der Waals surface area contributed by atoms with Crippen LogP contribution in [0.1, 0.15) is 44.2 Å². The summed E-state index contributed by atoms with van der Waals surface area (Å²) in [6.07, 6.45) is -8.83. The van der Waals surface area contributed by atoms with Gasteiger partial charge >= 0.3 is 12.4 Å². The molecule has 0 aliphatic rings. The van der Waals surface area contributed by atoms with Crippen molar-refractivity contribution in [2.75, 3.05) is 0 Å². The Bertz CT molecular complexity index is 1230. The maximum atomic E-state index is 15.2. The first-order chi connectivity index (χ1) is 16.1. The molecule has 0 fully saturated rings. The molecule has 3 atom stereocenters. The molecule has 3 rings (SSSR count). The Morgan fingerprint density at radius 2 is 1.63 bits per heavy atom. The largest absolute Gasteiger partial charge is 0.417 e. The average molecular weight is 523 g/mol. The van der Waals surface area contributed by atoms with Crippen molar-refractivity contribution in [1.29, 1.82) is 0 Å². The minimum Gasteiger partial charge on any atom is -0.347 e. The van der Waals surface area contributed by atoms with E-state index >= 15 is 4.39 Å². The van der Waals surface area contributed by atoms with E-state index in [0.717, 1.165) is 18.2 Å². The van der Waals surface area contributed by atoms with Gasteiger partial charge in [-0.1, -0.05) is 32.0 Å². The molecule has 3 aromatic rings. The van der Waals surface area contributed by atoms with Crippen LogP contribution in [0.5, 0.6) is 0 Å². The van der Waals surface area contributed by atoms with Gasteiger partial charge in [0.2, 0.25) is 0 Å². The Morgan fingerprint density at radius 1 is 1.00 bits per heavy atom. The highest BCUT2D eigenvalue weighted by Gasteiger charge is 2.43. The van der Waals surface area contributed by atoms with E-state index in [1.807, 2.05) is 13.8 Å². The van der Waals surface area contributed by atoms with Gasteiger partial charge in [0.05, 0.1) is 22.5 Å². The van der Waals surface area contributed by atoms with Crippen LogP contribution in [0.15, 0.2) is 42.6 Å². The van der Waals surface area contributed by atoms with E-state index < -0.39 is 57.9 Å². The summed E-state index contributed by atoms with van der Waals surface area (Å²) < 4.78 is 111. The first-order valence-corrected chi connectivity index (χ1v) is 12.1. The molecule has 0 saturated heterocycles. The average Bonchev–Trinajstić information content (AvgIpc) is 3.05. The molecule has 2 unspecified atom stereocenters. The Balaban J connectivity index is 2.30. The molecule has 0 saturated carbocycles. The number of halogens is 7. The normalized spacial score (nSPS) is 15.5. The van der Waals surface area contributed by atoms with E-state index in [-0.39, 0.29) is 34.5 Å². The third-order valence-electron chi connectivity index (χ3n) is 5.82. The summed E-state index contributed by atoms with van der Waals surface area (Å²) >= 11 is 0. The number of nitrogens with two attached hydrogens (primary N) is 1. The second kappa shape index (κ2) is 9.93. The minimum absolute atomic E-state index is 0.0192. The Labute approximate surface area is 200 Å². The van der Waals surface area contributed by atoms with Crippen LogP contribution in [0.4, 0.5) is 30.7 Å². The Kier molecular flexibility index (Phi) is 7.71. The fourth-order valence-corrected chi connectivity index (χ4v) is 4.58. The molecular weight excluding hydrogens is 497 g/mol. The predicted octanol–water partition coefficient (Wildman–Crippen LogP) is 7.17. The van der Waals surface area contributed by atoms with E-state index in [4.69, 9.17) is 5.14 Å². The van der Waals surface area contributed by atoms with E-state index in [2.05, 4.69) is 0 Å². The quantitative estimate of drug-likeness (QED) is 0.329. The van der Waals surface area contributed by atoms with Gasteiger partial charge in [-0.25, -0.2) is 8.60 Å². The molecule has 0 spiro atoms. The van der Waals surface area contributed by atoms with Crippen LogP contribution < -0.4 is 5.14 Å². The fraction of sp³-hybridized carbons (Fsp3) is 0.417. The lowest BCUT2D eigenvalue weighted by Gasteiger charge is -2.22. The van der Waals surface area contributed by atoms with Gasteiger partial charge in [0.1, 0.15) is 5.82 Å². The van der Waals surface area contributed by atoms with Crippen molar-refractivity contribution < 1.29 is 34.9 Å². The van der Waals surface area contributed by atoms with Crippen molar-refractivity contribution in [2.45, 2.75) is 57.3 Å². The van der Waals surface area contributed by atoms with Crippen LogP contribution >= 0.6 is 0 Å². The summed E-state index contributed by atoms with van der Waals surface area (Å²) in [5.41, 5.74) is -1.87. The second-order valence-electron chi connectivity index (χ2n) is 8.99. The third kappa shape index (κ3) is 5.88. The number of aromatic nitrogens is 1. The standard InChI is InChI=1S/C24H25F7N2OS/c1-13(2)11-33-12-18(20(24(29,30)31)8-14(3)35(32)34)17-9-21(25)16(10-22(17)33)15-6-4-5-7-19(15)23(26,27)28/h4-7,9-10,12-14,20H,8,11,32H2,1-3H3/t14?,20-,35?/m0/s1. The number of fused-ring (bicyclic) bond motifs is 1. The number of alkyl halides is 6. The van der Waals surface area contributed by atoms with Crippen molar-refractivity contribution in [3.8, 4) is 11.1 Å². The molecule has 192 valence electrons. The molecule has 0 radical (unpaired) electrons. The SMILES string of the molecule is CC(C)Cn1cc([C@H](CC(C)S(N)=O)C(F)(F)F)c2cc(F)c(-c3ccccc3C(F)(F)F)cc21. The number of benzene rings is 2.